The molecule has 4 rings (SSSR count). The molecule has 3 aliphatic rings. The van der Waals surface area contributed by atoms with Crippen molar-refractivity contribution >= 4 is 11.8 Å². The largest absolute Gasteiger partial charge is 0.472 e. The van der Waals surface area contributed by atoms with Crippen LogP contribution in [0.3, 0.4) is 0 Å². The van der Waals surface area contributed by atoms with Crippen LogP contribution >= 0.6 is 0 Å². The second-order valence-electron chi connectivity index (χ2n) is 7.99. The molecule has 0 radical (unpaired) electrons. The van der Waals surface area contributed by atoms with Crippen molar-refractivity contribution in [2.24, 2.45) is 16.7 Å². The maximum Gasteiger partial charge on any atom is 0.315 e. The van der Waals surface area contributed by atoms with Gasteiger partial charge in [-0.15, -0.1) is 0 Å². The Bertz CT molecular complexity index is 746. The van der Waals surface area contributed by atoms with Crippen LogP contribution in [0.2, 0.25) is 0 Å². The Morgan fingerprint density at radius 3 is 2.76 bits per heavy atom. The van der Waals surface area contributed by atoms with Gasteiger partial charge in [0.1, 0.15) is 0 Å². The number of furan rings is 1. The lowest BCUT2D eigenvalue weighted by Gasteiger charge is -2.52. The molecule has 1 aromatic heterocycles. The first-order valence-electron chi connectivity index (χ1n) is 9.01. The quantitative estimate of drug-likeness (QED) is 0.850. The van der Waals surface area contributed by atoms with Gasteiger partial charge in [-0.3, -0.25) is 9.59 Å². The number of rotatable bonds is 4. The zero-order chi connectivity index (χ0) is 17.8. The Morgan fingerprint density at radius 1 is 1.28 bits per heavy atom. The van der Waals surface area contributed by atoms with E-state index in [2.05, 4.69) is 6.92 Å². The van der Waals surface area contributed by atoms with E-state index in [-0.39, 0.29) is 23.7 Å². The Balaban J connectivity index is 1.77. The van der Waals surface area contributed by atoms with Gasteiger partial charge in [-0.1, -0.05) is 18.9 Å². The van der Waals surface area contributed by atoms with Gasteiger partial charge in [-0.25, -0.2) is 0 Å². The van der Waals surface area contributed by atoms with E-state index >= 15 is 0 Å². The highest BCUT2D eigenvalue weighted by Gasteiger charge is 2.68. The first-order valence-corrected chi connectivity index (χ1v) is 9.01. The third-order valence-corrected chi connectivity index (χ3v) is 6.84. The minimum absolute atomic E-state index is 0.0877. The average Bonchev–Trinajstić information content (AvgIpc) is 3.21. The van der Waals surface area contributed by atoms with E-state index in [1.807, 2.05) is 13.0 Å². The van der Waals surface area contributed by atoms with Crippen molar-refractivity contribution in [1.29, 1.82) is 0 Å². The number of aliphatic hydroxyl groups excluding tert-OH is 1. The predicted molar refractivity (Wildman–Crippen MR) is 89.6 cm³/mol. The summed E-state index contributed by atoms with van der Waals surface area (Å²) < 4.78 is 10.7. The fourth-order valence-electron chi connectivity index (χ4n) is 5.60. The topological polar surface area (TPSA) is 76.7 Å². The summed E-state index contributed by atoms with van der Waals surface area (Å²) in [6, 6.07) is 1.94. The molecule has 0 spiro atoms. The molecule has 5 heteroatoms. The number of esters is 1. The van der Waals surface area contributed by atoms with Gasteiger partial charge in [0, 0.05) is 5.92 Å². The number of ketones is 1. The number of hydrogen-bond acceptors (Lipinski definition) is 5. The molecule has 0 bridgehead atoms. The summed E-state index contributed by atoms with van der Waals surface area (Å²) in [5.41, 5.74) is 1.74. The molecule has 2 fully saturated rings. The highest BCUT2D eigenvalue weighted by Crippen LogP contribution is 2.63. The van der Waals surface area contributed by atoms with Crippen molar-refractivity contribution in [3.05, 3.63) is 35.3 Å². The van der Waals surface area contributed by atoms with Crippen LogP contribution in [-0.2, 0) is 20.7 Å². The van der Waals surface area contributed by atoms with Crippen LogP contribution in [0.4, 0.5) is 0 Å². The summed E-state index contributed by atoms with van der Waals surface area (Å²) in [5, 5.41) is 10.1. The molecule has 25 heavy (non-hydrogen) atoms. The number of Topliss-reactive ketones (excluding diaryl/α,β-unsaturated/α-hetero) is 1. The first kappa shape index (κ1) is 16.6. The van der Waals surface area contributed by atoms with Crippen molar-refractivity contribution < 1.29 is 23.8 Å². The fraction of sp³-hybridized carbons (Fsp3) is 0.600. The SMILES string of the molecule is CC1=C(CCc2ccoc2)C2(C)CCCC3(CO)C(=O)OC(C1=O)C23. The van der Waals surface area contributed by atoms with Crippen LogP contribution in [0.5, 0.6) is 0 Å². The fourth-order valence-corrected chi connectivity index (χ4v) is 5.60. The van der Waals surface area contributed by atoms with E-state index in [1.165, 1.54) is 0 Å². The Morgan fingerprint density at radius 2 is 2.08 bits per heavy atom. The lowest BCUT2D eigenvalue weighted by Crippen LogP contribution is -2.55. The molecule has 2 aliphatic carbocycles. The second kappa shape index (κ2) is 5.56. The smallest absolute Gasteiger partial charge is 0.315 e. The Kier molecular flexibility index (Phi) is 3.69. The maximum absolute atomic E-state index is 12.9. The normalized spacial score (nSPS) is 37.2. The molecule has 1 aromatic rings. The predicted octanol–water partition coefficient (Wildman–Crippen LogP) is 2.82. The minimum atomic E-state index is -0.922. The molecule has 1 aliphatic heterocycles. The number of carbonyl (C=O) groups is 2. The molecule has 4 atom stereocenters. The van der Waals surface area contributed by atoms with Gasteiger partial charge in [-0.2, -0.15) is 0 Å². The second-order valence-corrected chi connectivity index (χ2v) is 7.99. The maximum atomic E-state index is 12.9. The number of aliphatic hydroxyl groups is 1. The summed E-state index contributed by atoms with van der Waals surface area (Å²) in [6.07, 6.45) is 6.57. The number of hydrogen-bond donors (Lipinski definition) is 1. The molecule has 5 nitrogen and oxygen atoms in total. The van der Waals surface area contributed by atoms with Gasteiger partial charge in [0.25, 0.3) is 0 Å². The van der Waals surface area contributed by atoms with Crippen LogP contribution in [0.25, 0.3) is 0 Å². The molecular formula is C20H24O5. The Labute approximate surface area is 147 Å². The summed E-state index contributed by atoms with van der Waals surface area (Å²) in [5.74, 6) is -0.745. The zero-order valence-electron chi connectivity index (χ0n) is 14.7. The summed E-state index contributed by atoms with van der Waals surface area (Å²) in [7, 11) is 0. The van der Waals surface area contributed by atoms with Gasteiger partial charge in [0.05, 0.1) is 24.5 Å². The molecule has 4 unspecified atom stereocenters. The van der Waals surface area contributed by atoms with Crippen LogP contribution in [-0.4, -0.2) is 29.6 Å². The average molecular weight is 344 g/mol. The van der Waals surface area contributed by atoms with Crippen LogP contribution < -0.4 is 0 Å². The van der Waals surface area contributed by atoms with E-state index in [0.717, 1.165) is 42.4 Å². The highest BCUT2D eigenvalue weighted by molar-refractivity contribution is 6.04. The summed E-state index contributed by atoms with van der Waals surface area (Å²) in [4.78, 5) is 25.5. The van der Waals surface area contributed by atoms with Gasteiger partial charge in [0.2, 0.25) is 0 Å². The van der Waals surface area contributed by atoms with Crippen molar-refractivity contribution in [2.75, 3.05) is 6.61 Å². The van der Waals surface area contributed by atoms with Crippen molar-refractivity contribution in [2.45, 2.75) is 52.1 Å². The molecule has 1 saturated carbocycles. The van der Waals surface area contributed by atoms with Crippen molar-refractivity contribution in [3.63, 3.8) is 0 Å². The molecule has 0 aromatic carbocycles. The number of carbonyl (C=O) groups excluding carboxylic acids is 2. The summed E-state index contributed by atoms with van der Waals surface area (Å²) >= 11 is 0. The van der Waals surface area contributed by atoms with E-state index < -0.39 is 17.5 Å². The zero-order valence-corrected chi connectivity index (χ0v) is 14.7. The van der Waals surface area contributed by atoms with Gasteiger partial charge in [-0.05, 0) is 55.2 Å². The number of aryl methyl sites for hydroxylation is 1. The third-order valence-electron chi connectivity index (χ3n) is 6.84. The molecule has 1 saturated heterocycles. The van der Waals surface area contributed by atoms with Crippen molar-refractivity contribution in [1.82, 2.24) is 0 Å². The lowest BCUT2D eigenvalue weighted by atomic mass is 9.49. The highest BCUT2D eigenvalue weighted by atomic mass is 16.6. The van der Waals surface area contributed by atoms with Crippen LogP contribution in [0.1, 0.15) is 45.1 Å². The molecular weight excluding hydrogens is 320 g/mol. The van der Waals surface area contributed by atoms with Crippen LogP contribution in [0, 0.1) is 16.7 Å². The number of ether oxygens (including phenoxy) is 1. The molecule has 1 N–H and O–H groups in total. The third kappa shape index (κ3) is 2.11. The molecule has 2 heterocycles. The first-order chi connectivity index (χ1) is 11.9. The van der Waals surface area contributed by atoms with Gasteiger partial charge in [0.15, 0.2) is 11.9 Å². The number of allylic oxidation sites excluding steroid dienone is 1. The van der Waals surface area contributed by atoms with Crippen LogP contribution in [0.15, 0.2) is 34.2 Å². The minimum Gasteiger partial charge on any atom is -0.472 e. The van der Waals surface area contributed by atoms with E-state index in [0.29, 0.717) is 6.42 Å². The summed E-state index contributed by atoms with van der Waals surface area (Å²) in [6.45, 7) is 3.76. The van der Waals surface area contributed by atoms with Gasteiger partial charge < -0.3 is 14.3 Å². The van der Waals surface area contributed by atoms with E-state index in [1.54, 1.807) is 12.5 Å². The molecule has 0 amide bonds. The molecule has 134 valence electrons. The monoisotopic (exact) mass is 344 g/mol. The Hall–Kier alpha value is -1.88. The van der Waals surface area contributed by atoms with E-state index in [4.69, 9.17) is 9.15 Å². The van der Waals surface area contributed by atoms with Gasteiger partial charge >= 0.3 is 5.97 Å². The van der Waals surface area contributed by atoms with Crippen molar-refractivity contribution in [3.8, 4) is 0 Å². The standard InChI is InChI=1S/C20H24O5/c1-12-14(5-4-13-6-9-24-10-13)19(2)7-3-8-20(11-21)17(19)16(15(12)22)25-18(20)23/h6,9-10,16-17,21H,3-5,7-8,11H2,1-2H3. The lowest BCUT2D eigenvalue weighted by molar-refractivity contribution is -0.153. The van der Waals surface area contributed by atoms with E-state index in [9.17, 15) is 14.7 Å².